The molecule has 1 rings (SSSR count). The number of nitriles is 1. The van der Waals surface area contributed by atoms with Crippen LogP contribution in [0.2, 0.25) is 0 Å². The van der Waals surface area contributed by atoms with Crippen molar-refractivity contribution >= 4 is 0 Å². The highest BCUT2D eigenvalue weighted by Crippen LogP contribution is 2.12. The molecule has 80 valence electrons. The summed E-state index contributed by atoms with van der Waals surface area (Å²) in [6, 6.07) is 2.40. The summed E-state index contributed by atoms with van der Waals surface area (Å²) in [6.45, 7) is 9.70. The predicted molar refractivity (Wildman–Crippen MR) is 57.9 cm³/mol. The zero-order valence-electron chi connectivity index (χ0n) is 9.53. The molecule has 1 aliphatic rings. The molecule has 0 aliphatic carbocycles. The van der Waals surface area contributed by atoms with Crippen LogP contribution in [0.4, 0.5) is 0 Å². The Balaban J connectivity index is 2.33. The summed E-state index contributed by atoms with van der Waals surface area (Å²) in [6.07, 6.45) is 0. The molecule has 0 aromatic heterocycles. The van der Waals surface area contributed by atoms with E-state index in [-0.39, 0.29) is 5.92 Å². The molecule has 3 nitrogen and oxygen atoms in total. The molecule has 1 unspecified atom stereocenters. The minimum atomic E-state index is 0.193. The van der Waals surface area contributed by atoms with Gasteiger partial charge in [-0.2, -0.15) is 5.26 Å². The molecular formula is C11H21N3. The van der Waals surface area contributed by atoms with Crippen LogP contribution in [-0.2, 0) is 0 Å². The molecule has 0 radical (unpaired) electrons. The first kappa shape index (κ1) is 11.5. The third-order valence-corrected chi connectivity index (χ3v) is 3.02. The van der Waals surface area contributed by atoms with Crippen molar-refractivity contribution in [3.05, 3.63) is 0 Å². The van der Waals surface area contributed by atoms with Gasteiger partial charge in [-0.1, -0.05) is 13.8 Å². The Hall–Kier alpha value is -0.590. The van der Waals surface area contributed by atoms with Gasteiger partial charge >= 0.3 is 0 Å². The van der Waals surface area contributed by atoms with Crippen molar-refractivity contribution in [1.29, 1.82) is 5.26 Å². The summed E-state index contributed by atoms with van der Waals surface area (Å²) in [4.78, 5) is 4.75. The maximum atomic E-state index is 8.99. The highest BCUT2D eigenvalue weighted by Gasteiger charge is 2.19. The number of hydrogen-bond acceptors (Lipinski definition) is 3. The number of piperazine rings is 1. The van der Waals surface area contributed by atoms with Crippen LogP contribution in [0.1, 0.15) is 13.8 Å². The van der Waals surface area contributed by atoms with Crippen molar-refractivity contribution in [1.82, 2.24) is 9.80 Å². The standard InChI is InChI=1S/C11H21N3/c1-10(2)11(8-12)9-14-6-4-13(3)5-7-14/h10-11H,4-7,9H2,1-3H3. The number of likely N-dealkylation sites (N-methyl/N-ethyl adjacent to an activating group) is 1. The van der Waals surface area contributed by atoms with Gasteiger partial charge in [0.1, 0.15) is 0 Å². The van der Waals surface area contributed by atoms with Gasteiger partial charge in [-0.05, 0) is 13.0 Å². The highest BCUT2D eigenvalue weighted by molar-refractivity contribution is 4.88. The van der Waals surface area contributed by atoms with Gasteiger partial charge in [-0.15, -0.1) is 0 Å². The van der Waals surface area contributed by atoms with Crippen LogP contribution >= 0.6 is 0 Å². The van der Waals surface area contributed by atoms with Gasteiger partial charge in [0.25, 0.3) is 0 Å². The minimum absolute atomic E-state index is 0.193. The molecular weight excluding hydrogens is 174 g/mol. The molecule has 0 amide bonds. The summed E-state index contributed by atoms with van der Waals surface area (Å²) >= 11 is 0. The van der Waals surface area contributed by atoms with Crippen molar-refractivity contribution in [2.45, 2.75) is 13.8 Å². The van der Waals surface area contributed by atoms with E-state index in [1.165, 1.54) is 0 Å². The quantitative estimate of drug-likeness (QED) is 0.674. The number of nitrogens with zero attached hydrogens (tertiary/aromatic N) is 3. The Kier molecular flexibility index (Phi) is 4.37. The van der Waals surface area contributed by atoms with E-state index >= 15 is 0 Å². The smallest absolute Gasteiger partial charge is 0.0672 e. The lowest BCUT2D eigenvalue weighted by molar-refractivity contribution is 0.136. The molecule has 3 heteroatoms. The first-order valence-electron chi connectivity index (χ1n) is 5.44. The van der Waals surface area contributed by atoms with Crippen molar-refractivity contribution in [3.63, 3.8) is 0 Å². The molecule has 1 aliphatic heterocycles. The second-order valence-electron chi connectivity index (χ2n) is 4.58. The Morgan fingerprint density at radius 2 is 1.79 bits per heavy atom. The third kappa shape index (κ3) is 3.28. The van der Waals surface area contributed by atoms with E-state index in [1.807, 2.05) is 0 Å². The fourth-order valence-electron chi connectivity index (χ4n) is 1.71. The largest absolute Gasteiger partial charge is 0.304 e. The molecule has 0 N–H and O–H groups in total. The van der Waals surface area contributed by atoms with Crippen molar-refractivity contribution in [2.75, 3.05) is 39.8 Å². The lowest BCUT2D eigenvalue weighted by atomic mass is 9.97. The molecule has 14 heavy (non-hydrogen) atoms. The fourth-order valence-corrected chi connectivity index (χ4v) is 1.71. The van der Waals surface area contributed by atoms with Crippen LogP contribution in [0.3, 0.4) is 0 Å². The van der Waals surface area contributed by atoms with Gasteiger partial charge in [0.2, 0.25) is 0 Å². The topological polar surface area (TPSA) is 30.3 Å². The summed E-state index contributed by atoms with van der Waals surface area (Å²) in [5, 5.41) is 8.99. The lowest BCUT2D eigenvalue weighted by Gasteiger charge is -2.33. The van der Waals surface area contributed by atoms with Crippen LogP contribution in [0.15, 0.2) is 0 Å². The molecule has 0 bridgehead atoms. The molecule has 0 spiro atoms. The van der Waals surface area contributed by atoms with Gasteiger partial charge in [-0.3, -0.25) is 4.90 Å². The van der Waals surface area contributed by atoms with Crippen molar-refractivity contribution in [3.8, 4) is 6.07 Å². The number of rotatable bonds is 3. The van der Waals surface area contributed by atoms with E-state index in [0.29, 0.717) is 5.92 Å². The molecule has 1 fully saturated rings. The van der Waals surface area contributed by atoms with Crippen molar-refractivity contribution in [2.24, 2.45) is 11.8 Å². The van der Waals surface area contributed by atoms with Gasteiger partial charge in [0.05, 0.1) is 12.0 Å². The van der Waals surface area contributed by atoms with Crippen LogP contribution in [0.25, 0.3) is 0 Å². The van der Waals surface area contributed by atoms with Crippen LogP contribution in [0, 0.1) is 23.2 Å². The van der Waals surface area contributed by atoms with E-state index in [1.54, 1.807) is 0 Å². The van der Waals surface area contributed by atoms with E-state index in [2.05, 4.69) is 36.8 Å². The van der Waals surface area contributed by atoms with E-state index in [4.69, 9.17) is 5.26 Å². The molecule has 1 atom stereocenters. The average molecular weight is 195 g/mol. The molecule has 1 saturated heterocycles. The van der Waals surface area contributed by atoms with Crippen LogP contribution < -0.4 is 0 Å². The van der Waals surface area contributed by atoms with Gasteiger partial charge in [0.15, 0.2) is 0 Å². The number of hydrogen-bond donors (Lipinski definition) is 0. The maximum Gasteiger partial charge on any atom is 0.0672 e. The van der Waals surface area contributed by atoms with Gasteiger partial charge in [-0.25, -0.2) is 0 Å². The van der Waals surface area contributed by atoms with E-state index in [9.17, 15) is 0 Å². The Labute approximate surface area is 87.3 Å². The lowest BCUT2D eigenvalue weighted by Crippen LogP contribution is -2.46. The normalized spacial score (nSPS) is 22.2. The minimum Gasteiger partial charge on any atom is -0.304 e. The Morgan fingerprint density at radius 1 is 1.21 bits per heavy atom. The van der Waals surface area contributed by atoms with E-state index in [0.717, 1.165) is 32.7 Å². The fraction of sp³-hybridized carbons (Fsp3) is 0.909. The molecule has 0 aromatic rings. The summed E-state index contributed by atoms with van der Waals surface area (Å²) in [5.74, 6) is 0.665. The van der Waals surface area contributed by atoms with E-state index < -0.39 is 0 Å². The average Bonchev–Trinajstić information content (AvgIpc) is 2.16. The first-order valence-corrected chi connectivity index (χ1v) is 5.44. The zero-order valence-corrected chi connectivity index (χ0v) is 9.53. The second-order valence-corrected chi connectivity index (χ2v) is 4.58. The van der Waals surface area contributed by atoms with Crippen LogP contribution in [0.5, 0.6) is 0 Å². The predicted octanol–water partition coefficient (Wildman–Crippen LogP) is 1.03. The SMILES string of the molecule is CC(C)C(C#N)CN1CCN(C)CC1. The maximum absolute atomic E-state index is 8.99. The molecule has 1 heterocycles. The summed E-state index contributed by atoms with van der Waals surface area (Å²) < 4.78 is 0. The monoisotopic (exact) mass is 195 g/mol. The van der Waals surface area contributed by atoms with Gasteiger partial charge < -0.3 is 4.90 Å². The van der Waals surface area contributed by atoms with Crippen LogP contribution in [-0.4, -0.2) is 49.6 Å². The molecule has 0 saturated carbocycles. The Bertz CT molecular complexity index is 199. The second kappa shape index (κ2) is 5.33. The zero-order chi connectivity index (χ0) is 10.6. The summed E-state index contributed by atoms with van der Waals surface area (Å²) in [7, 11) is 2.15. The molecule has 0 aromatic carbocycles. The highest BCUT2D eigenvalue weighted by atomic mass is 15.2. The Morgan fingerprint density at radius 3 is 2.21 bits per heavy atom. The summed E-state index contributed by atoms with van der Waals surface area (Å²) in [5.41, 5.74) is 0. The van der Waals surface area contributed by atoms with Gasteiger partial charge in [0, 0.05) is 32.7 Å². The first-order chi connectivity index (χ1) is 6.63. The third-order valence-electron chi connectivity index (χ3n) is 3.02. The van der Waals surface area contributed by atoms with Crippen molar-refractivity contribution < 1.29 is 0 Å².